The highest BCUT2D eigenvalue weighted by atomic mass is 79.9. The van der Waals surface area contributed by atoms with E-state index >= 15 is 0 Å². The van der Waals surface area contributed by atoms with Crippen molar-refractivity contribution in [3.63, 3.8) is 0 Å². The zero-order valence-corrected chi connectivity index (χ0v) is 16.3. The van der Waals surface area contributed by atoms with E-state index in [1.165, 1.54) is 18.3 Å². The maximum absolute atomic E-state index is 14.5. The molecule has 0 atom stereocenters. The van der Waals surface area contributed by atoms with E-state index < -0.39 is 17.2 Å². The van der Waals surface area contributed by atoms with E-state index in [1.807, 2.05) is 30.3 Å². The van der Waals surface area contributed by atoms with E-state index in [1.54, 1.807) is 10.6 Å². The number of benzene rings is 2. The van der Waals surface area contributed by atoms with Gasteiger partial charge in [0.05, 0.1) is 5.52 Å². The molecule has 1 aromatic heterocycles. The molecular formula is C21H20BrFN2O2. The number of pyridine rings is 1. The van der Waals surface area contributed by atoms with Gasteiger partial charge in [-0.3, -0.25) is 9.59 Å². The number of aromatic nitrogens is 1. The minimum atomic E-state index is -0.482. The van der Waals surface area contributed by atoms with E-state index in [2.05, 4.69) is 21.2 Å². The van der Waals surface area contributed by atoms with Gasteiger partial charge in [0.25, 0.3) is 5.91 Å². The summed E-state index contributed by atoms with van der Waals surface area (Å²) in [5, 5.41) is 3.85. The fourth-order valence-corrected chi connectivity index (χ4v) is 3.39. The molecule has 140 valence electrons. The number of hydrogen-bond donors (Lipinski definition) is 1. The van der Waals surface area contributed by atoms with Crippen LogP contribution in [0.2, 0.25) is 0 Å². The Morgan fingerprint density at radius 3 is 2.59 bits per heavy atom. The quantitative estimate of drug-likeness (QED) is 0.453. The molecule has 6 heteroatoms. The topological polar surface area (TPSA) is 51.1 Å². The van der Waals surface area contributed by atoms with E-state index in [-0.39, 0.29) is 16.5 Å². The molecule has 1 amide bonds. The van der Waals surface area contributed by atoms with E-state index in [0.717, 1.165) is 23.7 Å². The summed E-state index contributed by atoms with van der Waals surface area (Å²) in [5.74, 6) is -0.910. The molecule has 0 fully saturated rings. The summed E-state index contributed by atoms with van der Waals surface area (Å²) in [6.07, 6.45) is 3.21. The van der Waals surface area contributed by atoms with Gasteiger partial charge in [0.1, 0.15) is 11.4 Å². The van der Waals surface area contributed by atoms with Crippen molar-refractivity contribution in [2.75, 3.05) is 11.9 Å². The molecule has 0 unspecified atom stereocenters. The smallest absolute Gasteiger partial charge is 0.256 e. The molecule has 0 aliphatic rings. The van der Waals surface area contributed by atoms with Crippen LogP contribution in [0.3, 0.4) is 0 Å². The summed E-state index contributed by atoms with van der Waals surface area (Å²) >= 11 is 3.35. The molecule has 1 heterocycles. The Bertz CT molecular complexity index is 1000. The Labute approximate surface area is 165 Å². The van der Waals surface area contributed by atoms with Gasteiger partial charge in [-0.2, -0.15) is 0 Å². The van der Waals surface area contributed by atoms with Crippen LogP contribution in [0, 0.1) is 5.82 Å². The highest BCUT2D eigenvalue weighted by Gasteiger charge is 2.17. The SMILES string of the molecule is O=C(NCCCCBr)c1cn(Cc2ccccc2)c2c(F)cccc2c1=O. The molecule has 0 aliphatic heterocycles. The van der Waals surface area contributed by atoms with Gasteiger partial charge in [-0.15, -0.1) is 0 Å². The second kappa shape index (κ2) is 8.95. The third kappa shape index (κ3) is 4.45. The molecule has 0 saturated heterocycles. The lowest BCUT2D eigenvalue weighted by molar-refractivity contribution is 0.0951. The first-order valence-corrected chi connectivity index (χ1v) is 9.93. The van der Waals surface area contributed by atoms with Gasteiger partial charge in [0.15, 0.2) is 0 Å². The van der Waals surface area contributed by atoms with Gasteiger partial charge < -0.3 is 9.88 Å². The van der Waals surface area contributed by atoms with Gasteiger partial charge in [-0.1, -0.05) is 52.3 Å². The Morgan fingerprint density at radius 2 is 1.85 bits per heavy atom. The standard InChI is InChI=1S/C21H20BrFN2O2/c22-11-4-5-12-24-21(27)17-14-25(13-15-7-2-1-3-8-15)19-16(20(17)26)9-6-10-18(19)23/h1-3,6-10,14H,4-5,11-13H2,(H,24,27). The van der Waals surface area contributed by atoms with Crippen LogP contribution in [0.5, 0.6) is 0 Å². The van der Waals surface area contributed by atoms with Crippen molar-refractivity contribution in [2.45, 2.75) is 19.4 Å². The minimum absolute atomic E-state index is 0.0304. The zero-order valence-electron chi connectivity index (χ0n) is 14.8. The molecule has 0 spiro atoms. The Hall–Kier alpha value is -2.47. The van der Waals surface area contributed by atoms with E-state index in [0.29, 0.717) is 13.1 Å². The summed E-state index contributed by atoms with van der Waals surface area (Å²) in [6.45, 7) is 0.853. The largest absolute Gasteiger partial charge is 0.352 e. The molecule has 3 rings (SSSR count). The van der Waals surface area contributed by atoms with Crippen molar-refractivity contribution >= 4 is 32.7 Å². The fourth-order valence-electron chi connectivity index (χ4n) is 3.00. The zero-order chi connectivity index (χ0) is 19.2. The fraction of sp³-hybridized carbons (Fsp3) is 0.238. The van der Waals surface area contributed by atoms with Crippen molar-refractivity contribution in [3.05, 3.63) is 81.9 Å². The summed E-state index contributed by atoms with van der Waals surface area (Å²) in [5.41, 5.74) is 0.742. The third-order valence-corrected chi connectivity index (χ3v) is 4.90. The summed E-state index contributed by atoms with van der Waals surface area (Å²) in [7, 11) is 0. The van der Waals surface area contributed by atoms with Gasteiger partial charge in [0.2, 0.25) is 5.43 Å². The van der Waals surface area contributed by atoms with Crippen molar-refractivity contribution in [1.29, 1.82) is 0 Å². The van der Waals surface area contributed by atoms with Crippen LogP contribution < -0.4 is 10.7 Å². The number of halogens is 2. The number of nitrogens with zero attached hydrogens (tertiary/aromatic N) is 1. The predicted molar refractivity (Wildman–Crippen MR) is 109 cm³/mol. The van der Waals surface area contributed by atoms with Crippen LogP contribution in [-0.2, 0) is 6.54 Å². The highest BCUT2D eigenvalue weighted by molar-refractivity contribution is 9.09. The Morgan fingerprint density at radius 1 is 1.07 bits per heavy atom. The molecular weight excluding hydrogens is 411 g/mol. The Kier molecular flexibility index (Phi) is 6.40. The van der Waals surface area contributed by atoms with Crippen molar-refractivity contribution in [3.8, 4) is 0 Å². The first-order valence-electron chi connectivity index (χ1n) is 8.81. The van der Waals surface area contributed by atoms with Gasteiger partial charge in [-0.25, -0.2) is 4.39 Å². The number of para-hydroxylation sites is 1. The van der Waals surface area contributed by atoms with Gasteiger partial charge in [0, 0.05) is 30.0 Å². The van der Waals surface area contributed by atoms with Crippen LogP contribution in [0.4, 0.5) is 4.39 Å². The number of nitrogens with one attached hydrogen (secondary N) is 1. The van der Waals surface area contributed by atoms with Crippen LogP contribution >= 0.6 is 15.9 Å². The second-order valence-corrected chi connectivity index (χ2v) is 7.07. The molecule has 27 heavy (non-hydrogen) atoms. The molecule has 3 aromatic rings. The van der Waals surface area contributed by atoms with E-state index in [9.17, 15) is 14.0 Å². The van der Waals surface area contributed by atoms with E-state index in [4.69, 9.17) is 0 Å². The predicted octanol–water partition coefficient (Wildman–Crippen LogP) is 4.09. The van der Waals surface area contributed by atoms with Crippen molar-refractivity contribution in [1.82, 2.24) is 9.88 Å². The number of fused-ring (bicyclic) bond motifs is 1. The lowest BCUT2D eigenvalue weighted by Gasteiger charge is -2.14. The molecule has 4 nitrogen and oxygen atoms in total. The van der Waals surface area contributed by atoms with Crippen LogP contribution in [-0.4, -0.2) is 22.3 Å². The molecule has 1 N–H and O–H groups in total. The first-order chi connectivity index (χ1) is 13.1. The lowest BCUT2D eigenvalue weighted by Crippen LogP contribution is -2.30. The molecule has 0 bridgehead atoms. The minimum Gasteiger partial charge on any atom is -0.352 e. The Balaban J connectivity index is 2.03. The average Bonchev–Trinajstić information content (AvgIpc) is 2.68. The van der Waals surface area contributed by atoms with Crippen LogP contribution in [0.25, 0.3) is 10.9 Å². The average molecular weight is 431 g/mol. The number of hydrogen-bond acceptors (Lipinski definition) is 2. The van der Waals surface area contributed by atoms with Gasteiger partial charge in [-0.05, 0) is 30.5 Å². The van der Waals surface area contributed by atoms with Crippen molar-refractivity contribution < 1.29 is 9.18 Å². The number of carbonyl (C=O) groups excluding carboxylic acids is 1. The summed E-state index contributed by atoms with van der Waals surface area (Å²) in [6, 6.07) is 13.9. The number of alkyl halides is 1. The van der Waals surface area contributed by atoms with Gasteiger partial charge >= 0.3 is 0 Å². The molecule has 2 aromatic carbocycles. The molecule has 0 radical (unpaired) electrons. The maximum atomic E-state index is 14.5. The van der Waals surface area contributed by atoms with Crippen LogP contribution in [0.1, 0.15) is 28.8 Å². The number of carbonyl (C=O) groups is 1. The summed E-state index contributed by atoms with van der Waals surface area (Å²) < 4.78 is 16.1. The number of unbranched alkanes of at least 4 members (excludes halogenated alkanes) is 1. The molecule has 0 aliphatic carbocycles. The maximum Gasteiger partial charge on any atom is 0.256 e. The third-order valence-electron chi connectivity index (χ3n) is 4.33. The first kappa shape index (κ1) is 19.3. The normalized spacial score (nSPS) is 10.9. The summed E-state index contributed by atoms with van der Waals surface area (Å²) in [4.78, 5) is 25.3. The molecule has 0 saturated carbocycles. The monoisotopic (exact) mass is 430 g/mol. The van der Waals surface area contributed by atoms with Crippen molar-refractivity contribution in [2.24, 2.45) is 0 Å². The number of rotatable bonds is 7. The highest BCUT2D eigenvalue weighted by Crippen LogP contribution is 2.18. The second-order valence-electron chi connectivity index (χ2n) is 6.27. The lowest BCUT2D eigenvalue weighted by atomic mass is 10.1. The van der Waals surface area contributed by atoms with Crippen LogP contribution in [0.15, 0.2) is 59.5 Å². The number of amides is 1.